The minimum absolute atomic E-state index is 0.0103. The van der Waals surface area contributed by atoms with Crippen LogP contribution in [0.4, 0.5) is 11.4 Å². The minimum Gasteiger partial charge on any atom is -0.495 e. The summed E-state index contributed by atoms with van der Waals surface area (Å²) < 4.78 is 11.1. The Kier molecular flexibility index (Phi) is 6.31. The van der Waals surface area contributed by atoms with Gasteiger partial charge in [-0.05, 0) is 54.4 Å². The zero-order valence-electron chi connectivity index (χ0n) is 20.1. The summed E-state index contributed by atoms with van der Waals surface area (Å²) in [5.41, 5.74) is 4.42. The van der Waals surface area contributed by atoms with Crippen molar-refractivity contribution < 1.29 is 19.1 Å². The topological polar surface area (TPSA) is 62.3 Å². The van der Waals surface area contributed by atoms with Crippen molar-refractivity contribution in [3.05, 3.63) is 83.4 Å². The molecule has 35 heavy (non-hydrogen) atoms. The molecular formula is C28H29N3O4. The summed E-state index contributed by atoms with van der Waals surface area (Å²) in [6.45, 7) is 5.15. The number of carbonyl (C=O) groups excluding carboxylic acids is 2. The quantitative estimate of drug-likeness (QED) is 0.565. The summed E-state index contributed by atoms with van der Waals surface area (Å²) in [5.74, 6) is 1.47. The van der Waals surface area contributed by atoms with E-state index >= 15 is 0 Å². The smallest absolute Gasteiger partial charge is 0.265 e. The molecule has 3 aromatic carbocycles. The molecule has 0 bridgehead atoms. The van der Waals surface area contributed by atoms with E-state index in [0.29, 0.717) is 30.9 Å². The molecule has 2 aliphatic rings. The number of ether oxygens (including phenoxy) is 2. The van der Waals surface area contributed by atoms with E-state index in [9.17, 15) is 9.59 Å². The first-order chi connectivity index (χ1) is 17.0. The summed E-state index contributed by atoms with van der Waals surface area (Å²) in [5, 5.41) is 0. The number of hydrogen-bond acceptors (Lipinski definition) is 5. The summed E-state index contributed by atoms with van der Waals surface area (Å²) in [6, 6.07) is 21.4. The Bertz CT molecular complexity index is 1250. The Hall–Kier alpha value is -4.00. The number of anilines is 2. The van der Waals surface area contributed by atoms with Gasteiger partial charge in [0.25, 0.3) is 11.8 Å². The van der Waals surface area contributed by atoms with Crippen LogP contribution in [0.15, 0.2) is 66.7 Å². The SMILES string of the molecule is COc1ccccc1N1CCN(C(=O)c2cccc(CN3C(=O)COc4ccc(C)cc43)c2)CC1. The lowest BCUT2D eigenvalue weighted by molar-refractivity contribution is -0.121. The lowest BCUT2D eigenvalue weighted by Crippen LogP contribution is -2.48. The number of rotatable bonds is 5. The van der Waals surface area contributed by atoms with Crippen LogP contribution in [0.1, 0.15) is 21.5 Å². The van der Waals surface area contributed by atoms with Crippen LogP contribution in [0.5, 0.6) is 11.5 Å². The monoisotopic (exact) mass is 471 g/mol. The number of piperazine rings is 1. The predicted molar refractivity (Wildman–Crippen MR) is 135 cm³/mol. The van der Waals surface area contributed by atoms with Crippen LogP contribution in [0, 0.1) is 6.92 Å². The fourth-order valence-electron chi connectivity index (χ4n) is 4.69. The summed E-state index contributed by atoms with van der Waals surface area (Å²) >= 11 is 0. The van der Waals surface area contributed by atoms with E-state index in [1.807, 2.05) is 78.6 Å². The highest BCUT2D eigenvalue weighted by Gasteiger charge is 2.27. The first kappa shape index (κ1) is 22.8. The van der Waals surface area contributed by atoms with Crippen molar-refractivity contribution in [2.75, 3.05) is 49.7 Å². The third kappa shape index (κ3) is 4.67. The number of methoxy groups -OCH3 is 1. The molecule has 7 heteroatoms. The molecule has 180 valence electrons. The molecule has 0 spiro atoms. The van der Waals surface area contributed by atoms with E-state index in [-0.39, 0.29) is 18.4 Å². The third-order valence-electron chi connectivity index (χ3n) is 6.56. The number of carbonyl (C=O) groups is 2. The van der Waals surface area contributed by atoms with Gasteiger partial charge in [0, 0.05) is 31.7 Å². The molecule has 0 atom stereocenters. The van der Waals surface area contributed by atoms with Crippen LogP contribution in [0.3, 0.4) is 0 Å². The number of hydrogen-bond donors (Lipinski definition) is 0. The third-order valence-corrected chi connectivity index (χ3v) is 6.56. The Labute approximate surface area is 205 Å². The standard InChI is InChI=1S/C28H29N3O4/c1-20-10-11-26-24(16-20)31(27(32)19-35-26)18-21-6-5-7-22(17-21)28(33)30-14-12-29(13-15-30)23-8-3-4-9-25(23)34-2/h3-11,16-17H,12-15,18-19H2,1-2H3. The molecule has 3 aromatic rings. The van der Waals surface area contributed by atoms with Gasteiger partial charge in [0.1, 0.15) is 11.5 Å². The van der Waals surface area contributed by atoms with Gasteiger partial charge in [-0.2, -0.15) is 0 Å². The van der Waals surface area contributed by atoms with Crippen LogP contribution in [-0.2, 0) is 11.3 Å². The highest BCUT2D eigenvalue weighted by atomic mass is 16.5. The van der Waals surface area contributed by atoms with Crippen molar-refractivity contribution in [1.29, 1.82) is 0 Å². The Morgan fingerprint density at radius 1 is 0.943 bits per heavy atom. The number of aryl methyl sites for hydroxylation is 1. The van der Waals surface area contributed by atoms with Gasteiger partial charge in [-0.3, -0.25) is 9.59 Å². The number of para-hydroxylation sites is 2. The van der Waals surface area contributed by atoms with Crippen molar-refractivity contribution in [2.45, 2.75) is 13.5 Å². The van der Waals surface area contributed by atoms with E-state index in [1.54, 1.807) is 12.0 Å². The van der Waals surface area contributed by atoms with Crippen molar-refractivity contribution in [1.82, 2.24) is 4.90 Å². The molecule has 1 saturated heterocycles. The Morgan fingerprint density at radius 3 is 2.54 bits per heavy atom. The lowest BCUT2D eigenvalue weighted by atomic mass is 10.1. The van der Waals surface area contributed by atoms with Gasteiger partial charge >= 0.3 is 0 Å². The molecule has 2 heterocycles. The van der Waals surface area contributed by atoms with Crippen molar-refractivity contribution in [3.8, 4) is 11.5 Å². The van der Waals surface area contributed by atoms with Gasteiger partial charge in [-0.15, -0.1) is 0 Å². The van der Waals surface area contributed by atoms with E-state index in [0.717, 1.165) is 41.3 Å². The molecule has 5 rings (SSSR count). The molecule has 0 radical (unpaired) electrons. The van der Waals surface area contributed by atoms with Crippen molar-refractivity contribution in [2.24, 2.45) is 0 Å². The second-order valence-corrected chi connectivity index (χ2v) is 8.89. The van der Waals surface area contributed by atoms with Crippen LogP contribution in [0.25, 0.3) is 0 Å². The minimum atomic E-state index is -0.0905. The van der Waals surface area contributed by atoms with Crippen molar-refractivity contribution in [3.63, 3.8) is 0 Å². The fourth-order valence-corrected chi connectivity index (χ4v) is 4.69. The van der Waals surface area contributed by atoms with Crippen LogP contribution >= 0.6 is 0 Å². The molecule has 2 aliphatic heterocycles. The molecule has 0 saturated carbocycles. The lowest BCUT2D eigenvalue weighted by Gasteiger charge is -2.36. The fraction of sp³-hybridized carbons (Fsp3) is 0.286. The number of nitrogens with zero attached hydrogens (tertiary/aromatic N) is 3. The second-order valence-electron chi connectivity index (χ2n) is 8.89. The van der Waals surface area contributed by atoms with E-state index in [1.165, 1.54) is 0 Å². The molecule has 0 unspecified atom stereocenters. The normalized spacial score (nSPS) is 15.5. The van der Waals surface area contributed by atoms with E-state index in [2.05, 4.69) is 4.90 Å². The maximum Gasteiger partial charge on any atom is 0.265 e. The van der Waals surface area contributed by atoms with Crippen LogP contribution in [0.2, 0.25) is 0 Å². The maximum atomic E-state index is 13.3. The van der Waals surface area contributed by atoms with Crippen LogP contribution < -0.4 is 19.3 Å². The second kappa shape index (κ2) is 9.70. The zero-order valence-corrected chi connectivity index (χ0v) is 20.1. The Morgan fingerprint density at radius 2 is 1.74 bits per heavy atom. The summed E-state index contributed by atoms with van der Waals surface area (Å²) in [4.78, 5) is 31.8. The first-order valence-electron chi connectivity index (χ1n) is 11.8. The number of benzene rings is 3. The highest BCUT2D eigenvalue weighted by molar-refractivity contribution is 5.98. The van der Waals surface area contributed by atoms with Gasteiger partial charge in [-0.25, -0.2) is 0 Å². The van der Waals surface area contributed by atoms with Crippen molar-refractivity contribution >= 4 is 23.2 Å². The van der Waals surface area contributed by atoms with E-state index < -0.39 is 0 Å². The molecule has 0 aromatic heterocycles. The summed E-state index contributed by atoms with van der Waals surface area (Å²) in [7, 11) is 1.68. The van der Waals surface area contributed by atoms with Gasteiger partial charge in [0.2, 0.25) is 0 Å². The zero-order chi connectivity index (χ0) is 24.4. The maximum absolute atomic E-state index is 13.3. The number of amides is 2. The first-order valence-corrected chi connectivity index (χ1v) is 11.8. The van der Waals surface area contributed by atoms with Crippen LogP contribution in [-0.4, -0.2) is 56.6 Å². The molecule has 2 amide bonds. The predicted octanol–water partition coefficient (Wildman–Crippen LogP) is 3.89. The van der Waals surface area contributed by atoms with Gasteiger partial charge in [-0.1, -0.05) is 30.3 Å². The largest absolute Gasteiger partial charge is 0.495 e. The Balaban J connectivity index is 1.28. The van der Waals surface area contributed by atoms with E-state index in [4.69, 9.17) is 9.47 Å². The molecule has 0 N–H and O–H groups in total. The van der Waals surface area contributed by atoms with Gasteiger partial charge in [0.05, 0.1) is 25.0 Å². The molecule has 1 fully saturated rings. The highest BCUT2D eigenvalue weighted by Crippen LogP contribution is 2.34. The molecular weight excluding hydrogens is 442 g/mol. The number of fused-ring (bicyclic) bond motifs is 1. The average Bonchev–Trinajstić information content (AvgIpc) is 2.90. The molecule has 0 aliphatic carbocycles. The van der Waals surface area contributed by atoms with Gasteiger partial charge in [0.15, 0.2) is 6.61 Å². The average molecular weight is 472 g/mol. The summed E-state index contributed by atoms with van der Waals surface area (Å²) in [6.07, 6.45) is 0. The molecule has 7 nitrogen and oxygen atoms in total. The van der Waals surface area contributed by atoms with Gasteiger partial charge < -0.3 is 24.2 Å².